The second-order valence-corrected chi connectivity index (χ2v) is 7.27. The highest BCUT2D eigenvalue weighted by molar-refractivity contribution is 5.79. The Morgan fingerprint density at radius 2 is 1.87 bits per heavy atom. The number of carbonyl (C=O) groups excluding carboxylic acids is 2. The lowest BCUT2D eigenvalue weighted by Crippen LogP contribution is -2.36. The van der Waals surface area contributed by atoms with E-state index >= 15 is 0 Å². The molecule has 7 nitrogen and oxygen atoms in total. The molecule has 1 unspecified atom stereocenters. The van der Waals surface area contributed by atoms with Crippen molar-refractivity contribution < 1.29 is 29.0 Å². The van der Waals surface area contributed by atoms with Gasteiger partial charge in [0.1, 0.15) is 0 Å². The molecule has 1 aliphatic heterocycles. The van der Waals surface area contributed by atoms with Crippen molar-refractivity contribution in [3.05, 3.63) is 0 Å². The maximum absolute atomic E-state index is 11.7. The molecule has 0 aromatic heterocycles. The van der Waals surface area contributed by atoms with Gasteiger partial charge in [0.15, 0.2) is 6.23 Å². The standard InChI is InChI=1S/C16H29NO6/c1-15(2,3)21-11-9-16(4,5)22-10-8-14(20)23-17-12(18)6-7-13(17)19/h12,18H,6-11H2,1-5H3. The second kappa shape index (κ2) is 8.08. The summed E-state index contributed by atoms with van der Waals surface area (Å²) in [6.45, 7) is 10.6. The Morgan fingerprint density at radius 1 is 1.22 bits per heavy atom. The average Bonchev–Trinajstić information content (AvgIpc) is 2.68. The van der Waals surface area contributed by atoms with Crippen LogP contribution in [0.15, 0.2) is 0 Å². The largest absolute Gasteiger partial charge is 0.376 e. The summed E-state index contributed by atoms with van der Waals surface area (Å²) in [5, 5.41) is 10.2. The van der Waals surface area contributed by atoms with Gasteiger partial charge in [-0.15, -0.1) is 5.06 Å². The lowest BCUT2D eigenvalue weighted by Gasteiger charge is -2.28. The van der Waals surface area contributed by atoms with Crippen molar-refractivity contribution >= 4 is 11.9 Å². The van der Waals surface area contributed by atoms with Gasteiger partial charge in [0.25, 0.3) is 5.91 Å². The van der Waals surface area contributed by atoms with Crippen molar-refractivity contribution in [1.29, 1.82) is 0 Å². The Bertz CT molecular complexity index is 415. The summed E-state index contributed by atoms with van der Waals surface area (Å²) in [6.07, 6.45) is 0.135. The summed E-state index contributed by atoms with van der Waals surface area (Å²) in [5.41, 5.74) is -0.614. The number of nitrogens with zero attached hydrogens (tertiary/aromatic N) is 1. The molecule has 0 saturated carbocycles. The van der Waals surface area contributed by atoms with Gasteiger partial charge >= 0.3 is 5.97 Å². The van der Waals surface area contributed by atoms with Crippen LogP contribution in [-0.4, -0.2) is 52.7 Å². The summed E-state index contributed by atoms with van der Waals surface area (Å²) in [6, 6.07) is 0. The number of aliphatic hydroxyl groups is 1. The van der Waals surface area contributed by atoms with E-state index in [9.17, 15) is 14.7 Å². The first kappa shape index (κ1) is 19.9. The molecule has 0 aromatic carbocycles. The first-order valence-electron chi connectivity index (χ1n) is 7.99. The Hall–Kier alpha value is -1.18. The number of rotatable bonds is 8. The second-order valence-electron chi connectivity index (χ2n) is 7.27. The minimum atomic E-state index is -1.04. The van der Waals surface area contributed by atoms with Crippen LogP contribution in [0.5, 0.6) is 0 Å². The summed E-state index contributed by atoms with van der Waals surface area (Å²) < 4.78 is 11.3. The fraction of sp³-hybridized carbons (Fsp3) is 0.875. The van der Waals surface area contributed by atoms with Gasteiger partial charge in [-0.3, -0.25) is 4.79 Å². The molecule has 0 radical (unpaired) electrons. The highest BCUT2D eigenvalue weighted by Gasteiger charge is 2.33. The summed E-state index contributed by atoms with van der Waals surface area (Å²) >= 11 is 0. The third-order valence-corrected chi connectivity index (χ3v) is 3.37. The molecule has 1 aliphatic rings. The lowest BCUT2D eigenvalue weighted by molar-refractivity contribution is -0.221. The van der Waals surface area contributed by atoms with Crippen molar-refractivity contribution in [2.75, 3.05) is 13.2 Å². The maximum atomic E-state index is 11.7. The maximum Gasteiger partial charge on any atom is 0.334 e. The van der Waals surface area contributed by atoms with E-state index in [1.165, 1.54) is 0 Å². The average molecular weight is 331 g/mol. The molecular weight excluding hydrogens is 302 g/mol. The van der Waals surface area contributed by atoms with Crippen molar-refractivity contribution in [2.45, 2.75) is 77.7 Å². The van der Waals surface area contributed by atoms with Gasteiger partial charge in [-0.25, -0.2) is 4.79 Å². The van der Waals surface area contributed by atoms with Gasteiger partial charge in [0, 0.05) is 19.4 Å². The molecule has 1 fully saturated rings. The number of ether oxygens (including phenoxy) is 2. The predicted octanol–water partition coefficient (Wildman–Crippen LogP) is 1.78. The predicted molar refractivity (Wildman–Crippen MR) is 83.1 cm³/mol. The first-order valence-corrected chi connectivity index (χ1v) is 7.99. The molecule has 134 valence electrons. The van der Waals surface area contributed by atoms with Crippen LogP contribution in [0, 0.1) is 0 Å². The molecule has 1 atom stereocenters. The summed E-state index contributed by atoms with van der Waals surface area (Å²) in [4.78, 5) is 28.0. The van der Waals surface area contributed by atoms with Crippen LogP contribution >= 0.6 is 0 Å². The first-order chi connectivity index (χ1) is 10.5. The van der Waals surface area contributed by atoms with Gasteiger partial charge in [-0.05, 0) is 41.0 Å². The van der Waals surface area contributed by atoms with Crippen molar-refractivity contribution in [3.8, 4) is 0 Å². The van der Waals surface area contributed by atoms with E-state index in [-0.39, 0.29) is 37.4 Å². The Labute approximate surface area is 137 Å². The highest BCUT2D eigenvalue weighted by atomic mass is 16.7. The molecule has 0 aliphatic carbocycles. The van der Waals surface area contributed by atoms with E-state index in [1.54, 1.807) is 0 Å². The van der Waals surface area contributed by atoms with E-state index < -0.39 is 17.8 Å². The minimum Gasteiger partial charge on any atom is -0.376 e. The van der Waals surface area contributed by atoms with E-state index in [1.807, 2.05) is 34.6 Å². The van der Waals surface area contributed by atoms with Crippen LogP contribution in [-0.2, 0) is 23.9 Å². The molecule has 0 bridgehead atoms. The molecule has 1 saturated heterocycles. The zero-order valence-electron chi connectivity index (χ0n) is 14.8. The van der Waals surface area contributed by atoms with E-state index in [0.717, 1.165) is 5.06 Å². The number of aliphatic hydroxyl groups excluding tert-OH is 1. The third kappa shape index (κ3) is 7.76. The van der Waals surface area contributed by atoms with Crippen LogP contribution in [0.2, 0.25) is 0 Å². The van der Waals surface area contributed by atoms with Crippen LogP contribution in [0.4, 0.5) is 0 Å². The van der Waals surface area contributed by atoms with E-state index in [0.29, 0.717) is 13.0 Å². The lowest BCUT2D eigenvalue weighted by atomic mass is 10.1. The summed E-state index contributed by atoms with van der Waals surface area (Å²) in [7, 11) is 0. The van der Waals surface area contributed by atoms with Crippen molar-refractivity contribution in [2.24, 2.45) is 0 Å². The SMILES string of the molecule is CC(C)(C)OCCC(C)(C)OCCC(=O)ON1C(=O)CCC1O. The van der Waals surface area contributed by atoms with Gasteiger partial charge in [0.05, 0.1) is 24.2 Å². The molecule has 1 N–H and O–H groups in total. The summed E-state index contributed by atoms with van der Waals surface area (Å²) in [5.74, 6) is -0.979. The molecule has 0 aromatic rings. The number of hydrogen-bond donors (Lipinski definition) is 1. The van der Waals surface area contributed by atoms with Crippen LogP contribution in [0.1, 0.15) is 60.3 Å². The zero-order valence-corrected chi connectivity index (χ0v) is 14.8. The molecular formula is C16H29NO6. The third-order valence-electron chi connectivity index (χ3n) is 3.37. The highest BCUT2D eigenvalue weighted by Crippen LogP contribution is 2.19. The molecule has 1 rings (SSSR count). The zero-order chi connectivity index (χ0) is 17.7. The van der Waals surface area contributed by atoms with Gasteiger partial charge < -0.3 is 19.4 Å². The molecule has 7 heteroatoms. The quantitative estimate of drug-likeness (QED) is 0.730. The Kier molecular flexibility index (Phi) is 6.98. The normalized spacial score (nSPS) is 19.3. The molecule has 1 amide bonds. The van der Waals surface area contributed by atoms with Crippen LogP contribution in [0.25, 0.3) is 0 Å². The van der Waals surface area contributed by atoms with Crippen LogP contribution < -0.4 is 0 Å². The van der Waals surface area contributed by atoms with Gasteiger partial charge in [-0.1, -0.05) is 0 Å². The smallest absolute Gasteiger partial charge is 0.334 e. The molecule has 1 heterocycles. The number of hydrogen-bond acceptors (Lipinski definition) is 6. The monoisotopic (exact) mass is 331 g/mol. The number of amides is 1. The Balaban J connectivity index is 2.24. The van der Waals surface area contributed by atoms with Crippen molar-refractivity contribution in [3.63, 3.8) is 0 Å². The number of carbonyl (C=O) groups is 2. The Morgan fingerprint density at radius 3 is 2.39 bits per heavy atom. The minimum absolute atomic E-state index is 0.0139. The van der Waals surface area contributed by atoms with Gasteiger partial charge in [-0.2, -0.15) is 0 Å². The van der Waals surface area contributed by atoms with Gasteiger partial charge in [0.2, 0.25) is 0 Å². The number of hydroxylamine groups is 2. The fourth-order valence-electron chi connectivity index (χ4n) is 2.00. The van der Waals surface area contributed by atoms with Crippen LogP contribution in [0.3, 0.4) is 0 Å². The van der Waals surface area contributed by atoms with E-state index in [2.05, 4.69) is 0 Å². The fourth-order valence-corrected chi connectivity index (χ4v) is 2.00. The molecule has 0 spiro atoms. The van der Waals surface area contributed by atoms with Crippen molar-refractivity contribution in [1.82, 2.24) is 5.06 Å². The molecule has 23 heavy (non-hydrogen) atoms. The topological polar surface area (TPSA) is 85.3 Å². The van der Waals surface area contributed by atoms with E-state index in [4.69, 9.17) is 14.3 Å².